The van der Waals surface area contributed by atoms with Crippen molar-refractivity contribution in [3.05, 3.63) is 12.0 Å². The van der Waals surface area contributed by atoms with Gasteiger partial charge in [-0.2, -0.15) is 4.98 Å². The van der Waals surface area contributed by atoms with E-state index in [0.29, 0.717) is 31.5 Å². The summed E-state index contributed by atoms with van der Waals surface area (Å²) < 4.78 is 19.2. The van der Waals surface area contributed by atoms with Gasteiger partial charge in [0.25, 0.3) is 0 Å². The van der Waals surface area contributed by atoms with Crippen LogP contribution in [0.15, 0.2) is 6.20 Å². The Morgan fingerprint density at radius 1 is 1.65 bits per heavy atom. The minimum Gasteiger partial charge on any atom is -0.375 e. The van der Waals surface area contributed by atoms with E-state index in [1.165, 1.54) is 6.20 Å². The van der Waals surface area contributed by atoms with Crippen LogP contribution in [0.3, 0.4) is 0 Å². The first-order valence-electron chi connectivity index (χ1n) is 5.81. The van der Waals surface area contributed by atoms with Crippen molar-refractivity contribution in [3.8, 4) is 0 Å². The minimum absolute atomic E-state index is 0.149. The highest BCUT2D eigenvalue weighted by molar-refractivity contribution is 5.44. The third-order valence-electron chi connectivity index (χ3n) is 2.84. The molecule has 0 aromatic carbocycles. The fraction of sp³-hybridized carbons (Fsp3) is 0.636. The third kappa shape index (κ3) is 2.63. The summed E-state index contributed by atoms with van der Waals surface area (Å²) in [4.78, 5) is 9.90. The molecule has 1 aliphatic rings. The maximum atomic E-state index is 13.7. The van der Waals surface area contributed by atoms with Crippen LogP contribution in [0.2, 0.25) is 0 Å². The van der Waals surface area contributed by atoms with Gasteiger partial charge in [-0.25, -0.2) is 9.37 Å². The highest BCUT2D eigenvalue weighted by atomic mass is 19.1. The lowest BCUT2D eigenvalue weighted by molar-refractivity contribution is 0.0379. The van der Waals surface area contributed by atoms with E-state index in [2.05, 4.69) is 22.2 Å². The number of rotatable bonds is 3. The van der Waals surface area contributed by atoms with Gasteiger partial charge in [-0.05, 0) is 6.42 Å². The molecule has 1 aromatic heterocycles. The second kappa shape index (κ2) is 5.27. The van der Waals surface area contributed by atoms with Gasteiger partial charge in [0, 0.05) is 20.1 Å². The molecular formula is C11H17FN4O. The average molecular weight is 240 g/mol. The second-order valence-corrected chi connectivity index (χ2v) is 3.96. The molecule has 17 heavy (non-hydrogen) atoms. The minimum atomic E-state index is -0.388. The molecular weight excluding hydrogens is 223 g/mol. The quantitative estimate of drug-likeness (QED) is 0.862. The van der Waals surface area contributed by atoms with Crippen molar-refractivity contribution >= 4 is 11.8 Å². The first-order valence-corrected chi connectivity index (χ1v) is 5.81. The normalized spacial score (nSPS) is 20.4. The fourth-order valence-electron chi connectivity index (χ4n) is 1.86. The summed E-state index contributed by atoms with van der Waals surface area (Å²) in [6.07, 6.45) is 2.27. The van der Waals surface area contributed by atoms with E-state index in [9.17, 15) is 4.39 Å². The van der Waals surface area contributed by atoms with Crippen LogP contribution in [0.25, 0.3) is 0 Å². The van der Waals surface area contributed by atoms with Crippen molar-refractivity contribution in [2.24, 2.45) is 0 Å². The molecule has 1 N–H and O–H groups in total. The lowest BCUT2D eigenvalue weighted by atomic mass is 10.2. The van der Waals surface area contributed by atoms with E-state index < -0.39 is 0 Å². The number of hydrogen-bond acceptors (Lipinski definition) is 5. The Kier molecular flexibility index (Phi) is 3.73. The van der Waals surface area contributed by atoms with E-state index in [-0.39, 0.29) is 11.9 Å². The standard InChI is InChI=1S/C11H17FN4O/c1-3-8-7-16(4-5-17-8)10-9(12)6-14-11(13-2)15-10/h6,8H,3-5,7H2,1-2H3,(H,13,14,15). The van der Waals surface area contributed by atoms with Gasteiger partial charge >= 0.3 is 0 Å². The van der Waals surface area contributed by atoms with E-state index >= 15 is 0 Å². The molecule has 6 heteroatoms. The molecule has 1 unspecified atom stereocenters. The zero-order valence-corrected chi connectivity index (χ0v) is 10.1. The number of ether oxygens (including phenoxy) is 1. The van der Waals surface area contributed by atoms with Gasteiger partial charge in [0.1, 0.15) is 0 Å². The lowest BCUT2D eigenvalue weighted by Crippen LogP contribution is -2.43. The zero-order chi connectivity index (χ0) is 12.3. The predicted molar refractivity (Wildman–Crippen MR) is 63.8 cm³/mol. The van der Waals surface area contributed by atoms with Gasteiger partial charge in [-0.3, -0.25) is 0 Å². The summed E-state index contributed by atoms with van der Waals surface area (Å²) in [7, 11) is 1.71. The predicted octanol–water partition coefficient (Wildman–Crippen LogP) is 1.27. The van der Waals surface area contributed by atoms with E-state index in [0.717, 1.165) is 6.42 Å². The molecule has 94 valence electrons. The highest BCUT2D eigenvalue weighted by Gasteiger charge is 2.22. The van der Waals surface area contributed by atoms with Gasteiger partial charge in [-0.15, -0.1) is 0 Å². The highest BCUT2D eigenvalue weighted by Crippen LogP contribution is 2.20. The molecule has 1 saturated heterocycles. The van der Waals surface area contributed by atoms with Crippen molar-refractivity contribution in [2.75, 3.05) is 37.0 Å². The molecule has 1 aliphatic heterocycles. The summed E-state index contributed by atoms with van der Waals surface area (Å²) in [6, 6.07) is 0. The van der Waals surface area contributed by atoms with Gasteiger partial charge in [-0.1, -0.05) is 6.92 Å². The maximum absolute atomic E-state index is 13.7. The Balaban J connectivity index is 2.20. The largest absolute Gasteiger partial charge is 0.375 e. The molecule has 0 bridgehead atoms. The van der Waals surface area contributed by atoms with Gasteiger partial charge in [0.05, 0.1) is 18.9 Å². The Bertz CT molecular complexity index is 388. The Morgan fingerprint density at radius 3 is 3.18 bits per heavy atom. The molecule has 2 rings (SSSR count). The Labute approximate surface area is 100 Å². The number of hydrogen-bond donors (Lipinski definition) is 1. The zero-order valence-electron chi connectivity index (χ0n) is 10.1. The average Bonchev–Trinajstić information content (AvgIpc) is 2.39. The lowest BCUT2D eigenvalue weighted by Gasteiger charge is -2.33. The van der Waals surface area contributed by atoms with E-state index in [1.807, 2.05) is 4.90 Å². The second-order valence-electron chi connectivity index (χ2n) is 3.96. The molecule has 0 radical (unpaired) electrons. The number of halogens is 1. The molecule has 0 aliphatic carbocycles. The smallest absolute Gasteiger partial charge is 0.224 e. The van der Waals surface area contributed by atoms with E-state index in [4.69, 9.17) is 4.74 Å². The summed E-state index contributed by atoms with van der Waals surface area (Å²) in [5.41, 5.74) is 0. The first-order chi connectivity index (χ1) is 8.24. The van der Waals surface area contributed by atoms with Gasteiger partial charge in [0.15, 0.2) is 11.6 Å². The van der Waals surface area contributed by atoms with Crippen molar-refractivity contribution in [1.82, 2.24) is 9.97 Å². The summed E-state index contributed by atoms with van der Waals surface area (Å²) >= 11 is 0. The summed E-state index contributed by atoms with van der Waals surface area (Å²) in [5.74, 6) is 0.396. The fourth-order valence-corrected chi connectivity index (χ4v) is 1.86. The molecule has 1 fully saturated rings. The molecule has 2 heterocycles. The maximum Gasteiger partial charge on any atom is 0.224 e. The van der Waals surface area contributed by atoms with Crippen LogP contribution in [0, 0.1) is 5.82 Å². The van der Waals surface area contributed by atoms with Crippen molar-refractivity contribution < 1.29 is 9.13 Å². The number of nitrogens with one attached hydrogen (secondary N) is 1. The topological polar surface area (TPSA) is 50.3 Å². The van der Waals surface area contributed by atoms with Crippen LogP contribution in [0.4, 0.5) is 16.2 Å². The molecule has 0 spiro atoms. The third-order valence-corrected chi connectivity index (χ3v) is 2.84. The van der Waals surface area contributed by atoms with Gasteiger partial charge in [0.2, 0.25) is 5.95 Å². The molecule has 1 aromatic rings. The monoisotopic (exact) mass is 240 g/mol. The Morgan fingerprint density at radius 2 is 2.47 bits per heavy atom. The summed E-state index contributed by atoms with van der Waals surface area (Å²) in [5, 5.41) is 2.81. The van der Waals surface area contributed by atoms with Crippen molar-refractivity contribution in [3.63, 3.8) is 0 Å². The van der Waals surface area contributed by atoms with Crippen molar-refractivity contribution in [2.45, 2.75) is 19.4 Å². The number of aromatic nitrogens is 2. The van der Waals surface area contributed by atoms with Crippen molar-refractivity contribution in [1.29, 1.82) is 0 Å². The number of anilines is 2. The van der Waals surface area contributed by atoms with Crippen LogP contribution in [0.1, 0.15) is 13.3 Å². The SMILES string of the molecule is CCC1CN(c2nc(NC)ncc2F)CCO1. The van der Waals surface area contributed by atoms with Crippen LogP contribution < -0.4 is 10.2 Å². The van der Waals surface area contributed by atoms with Crippen LogP contribution in [-0.2, 0) is 4.74 Å². The Hall–Kier alpha value is -1.43. The summed E-state index contributed by atoms with van der Waals surface area (Å²) in [6.45, 7) is 4.00. The molecule has 1 atom stereocenters. The molecule has 5 nitrogen and oxygen atoms in total. The van der Waals surface area contributed by atoms with Crippen LogP contribution in [0.5, 0.6) is 0 Å². The van der Waals surface area contributed by atoms with Gasteiger partial charge < -0.3 is 15.0 Å². The number of nitrogens with zero attached hydrogens (tertiary/aromatic N) is 3. The van der Waals surface area contributed by atoms with Crippen LogP contribution in [-0.4, -0.2) is 42.8 Å². The van der Waals surface area contributed by atoms with E-state index in [1.54, 1.807) is 7.05 Å². The molecule has 0 amide bonds. The first kappa shape index (κ1) is 12.0. The number of morpholine rings is 1. The van der Waals surface area contributed by atoms with Crippen LogP contribution >= 0.6 is 0 Å². The molecule has 0 saturated carbocycles.